The van der Waals surface area contributed by atoms with Gasteiger partial charge in [0.15, 0.2) is 11.6 Å². The summed E-state index contributed by atoms with van der Waals surface area (Å²) in [6, 6.07) is 2.94. The highest BCUT2D eigenvalue weighted by atomic mass is 19.1. The summed E-state index contributed by atoms with van der Waals surface area (Å²) in [5.41, 5.74) is 2.04. The van der Waals surface area contributed by atoms with Gasteiger partial charge in [-0.05, 0) is 24.5 Å². The fraction of sp³-hybridized carbons (Fsp3) is 0.385. The highest BCUT2D eigenvalue weighted by Crippen LogP contribution is 2.42. The molecule has 190 valence electrons. The molecule has 10 heteroatoms. The van der Waals surface area contributed by atoms with Crippen molar-refractivity contribution in [3.8, 4) is 22.8 Å². The fourth-order valence-electron chi connectivity index (χ4n) is 4.37. The molecule has 1 aromatic carbocycles. The summed E-state index contributed by atoms with van der Waals surface area (Å²) in [5, 5.41) is 6.85. The summed E-state index contributed by atoms with van der Waals surface area (Å²) in [4.78, 5) is 25.3. The smallest absolute Gasteiger partial charge is 0.243 e. The van der Waals surface area contributed by atoms with Crippen LogP contribution in [0.15, 0.2) is 37.2 Å². The molecule has 2 atom stereocenters. The number of nitrogens with one attached hydrogen (secondary N) is 2. The Balaban J connectivity index is 1.68. The molecule has 2 aromatic heterocycles. The van der Waals surface area contributed by atoms with E-state index < -0.39 is 5.82 Å². The van der Waals surface area contributed by atoms with Crippen LogP contribution in [-0.2, 0) is 9.53 Å². The first-order valence-electron chi connectivity index (χ1n) is 11.7. The molecule has 1 aliphatic heterocycles. The molecule has 0 saturated carbocycles. The van der Waals surface area contributed by atoms with Crippen molar-refractivity contribution < 1.29 is 23.4 Å². The summed E-state index contributed by atoms with van der Waals surface area (Å²) in [6.45, 7) is 8.39. The van der Waals surface area contributed by atoms with Gasteiger partial charge in [-0.15, -0.1) is 0 Å². The molecule has 2 N–H and O–H groups in total. The third kappa shape index (κ3) is 5.08. The maximum absolute atomic E-state index is 15.5. The molecule has 1 amide bonds. The Morgan fingerprint density at radius 3 is 2.67 bits per heavy atom. The Hall–Kier alpha value is -3.79. The van der Waals surface area contributed by atoms with Gasteiger partial charge in [0.25, 0.3) is 0 Å². The number of rotatable bonds is 8. The number of fused-ring (bicyclic) bond motifs is 1. The SMILES string of the molecule is C=CC(=O)N[C@H]1CCOC[C@H]1Nc1ncc2cc(-c3c(F)c(OC)cc(OC)c3C(C)C)ncc2n1. The number of amides is 1. The number of nitrogens with zero attached hydrogens (tertiary/aromatic N) is 3. The van der Waals surface area contributed by atoms with Gasteiger partial charge in [0.1, 0.15) is 5.75 Å². The average molecular weight is 496 g/mol. The van der Waals surface area contributed by atoms with Crippen molar-refractivity contribution in [3.05, 3.63) is 48.6 Å². The van der Waals surface area contributed by atoms with Crippen molar-refractivity contribution >= 4 is 22.8 Å². The van der Waals surface area contributed by atoms with E-state index in [1.54, 1.807) is 31.6 Å². The van der Waals surface area contributed by atoms with E-state index in [1.165, 1.54) is 13.2 Å². The van der Waals surface area contributed by atoms with Gasteiger partial charge in [0.05, 0.1) is 50.3 Å². The van der Waals surface area contributed by atoms with Crippen molar-refractivity contribution in [2.24, 2.45) is 0 Å². The predicted octanol–water partition coefficient (Wildman–Crippen LogP) is 3.84. The minimum atomic E-state index is -0.502. The Bertz CT molecular complexity index is 1280. The molecule has 1 aliphatic rings. The number of hydrogen-bond donors (Lipinski definition) is 2. The Morgan fingerprint density at radius 1 is 1.19 bits per heavy atom. The van der Waals surface area contributed by atoms with E-state index in [1.807, 2.05) is 13.8 Å². The first kappa shape index (κ1) is 25.3. The van der Waals surface area contributed by atoms with Crippen LogP contribution in [0.1, 0.15) is 31.7 Å². The maximum Gasteiger partial charge on any atom is 0.243 e. The van der Waals surface area contributed by atoms with E-state index in [4.69, 9.17) is 14.2 Å². The van der Waals surface area contributed by atoms with Crippen LogP contribution in [0.4, 0.5) is 10.3 Å². The molecule has 0 unspecified atom stereocenters. The van der Waals surface area contributed by atoms with Crippen LogP contribution in [0.2, 0.25) is 0 Å². The lowest BCUT2D eigenvalue weighted by Crippen LogP contribution is -2.52. The standard InChI is InChI=1S/C26H30FN5O4/c1-6-22(33)30-16-7-8-36-13-19(16)32-26-29-11-15-9-17(28-12-18(15)31-26)24-23(14(2)3)20(34-4)10-21(35-5)25(24)27/h6,9-12,14,16,19H,1,7-8,13H2,2-5H3,(H,30,33)(H,29,31,32)/t16-,19+/m0/s1. The molecule has 36 heavy (non-hydrogen) atoms. The molecule has 9 nitrogen and oxygen atoms in total. The van der Waals surface area contributed by atoms with Crippen molar-refractivity contribution in [2.75, 3.05) is 32.8 Å². The zero-order chi connectivity index (χ0) is 25.8. The largest absolute Gasteiger partial charge is 0.496 e. The van der Waals surface area contributed by atoms with E-state index >= 15 is 4.39 Å². The quantitative estimate of drug-likeness (QED) is 0.454. The molecule has 0 spiro atoms. The maximum atomic E-state index is 15.5. The van der Waals surface area contributed by atoms with Crippen LogP contribution >= 0.6 is 0 Å². The fourth-order valence-corrected chi connectivity index (χ4v) is 4.37. The van der Waals surface area contributed by atoms with E-state index in [0.717, 1.165) is 0 Å². The van der Waals surface area contributed by atoms with Crippen LogP contribution in [-0.4, -0.2) is 60.4 Å². The second-order valence-electron chi connectivity index (χ2n) is 8.79. The van der Waals surface area contributed by atoms with Gasteiger partial charge in [-0.25, -0.2) is 14.4 Å². The third-order valence-electron chi connectivity index (χ3n) is 6.16. The lowest BCUT2D eigenvalue weighted by molar-refractivity contribution is -0.117. The summed E-state index contributed by atoms with van der Waals surface area (Å²) in [7, 11) is 2.96. The monoisotopic (exact) mass is 495 g/mol. The lowest BCUT2D eigenvalue weighted by atomic mass is 9.92. The van der Waals surface area contributed by atoms with Gasteiger partial charge in [-0.2, -0.15) is 0 Å². The van der Waals surface area contributed by atoms with Crippen molar-refractivity contribution in [3.63, 3.8) is 0 Å². The molecular formula is C26H30FN5O4. The molecule has 3 heterocycles. The number of aromatic nitrogens is 3. The summed E-state index contributed by atoms with van der Waals surface area (Å²) in [5.74, 6) is 0.218. The van der Waals surface area contributed by atoms with Gasteiger partial charge in [-0.3, -0.25) is 9.78 Å². The summed E-state index contributed by atoms with van der Waals surface area (Å²) in [6.07, 6.45) is 5.14. The van der Waals surface area contributed by atoms with Gasteiger partial charge in [0, 0.05) is 35.4 Å². The molecular weight excluding hydrogens is 465 g/mol. The average Bonchev–Trinajstić information content (AvgIpc) is 2.89. The minimum absolute atomic E-state index is 0.0251. The number of benzene rings is 1. The second kappa shape index (κ2) is 10.9. The van der Waals surface area contributed by atoms with E-state index in [2.05, 4.69) is 32.2 Å². The topological polar surface area (TPSA) is 107 Å². The van der Waals surface area contributed by atoms with E-state index in [-0.39, 0.29) is 29.7 Å². The van der Waals surface area contributed by atoms with Crippen molar-refractivity contribution in [1.82, 2.24) is 20.3 Å². The van der Waals surface area contributed by atoms with Crippen molar-refractivity contribution in [1.29, 1.82) is 0 Å². The number of halogens is 1. The van der Waals surface area contributed by atoms with Crippen LogP contribution in [0.25, 0.3) is 22.2 Å². The van der Waals surface area contributed by atoms with Gasteiger partial charge < -0.3 is 24.8 Å². The van der Waals surface area contributed by atoms with Crippen molar-refractivity contribution in [2.45, 2.75) is 38.3 Å². The first-order chi connectivity index (χ1) is 17.4. The molecule has 0 aliphatic carbocycles. The highest BCUT2D eigenvalue weighted by molar-refractivity contribution is 5.87. The zero-order valence-electron chi connectivity index (χ0n) is 20.8. The van der Waals surface area contributed by atoms with E-state index in [9.17, 15) is 4.79 Å². The summed E-state index contributed by atoms with van der Waals surface area (Å²) < 4.78 is 31.8. The Labute approximate surface area is 209 Å². The van der Waals surface area contributed by atoms with Crippen LogP contribution < -0.4 is 20.1 Å². The van der Waals surface area contributed by atoms with Crippen LogP contribution in [0.3, 0.4) is 0 Å². The highest BCUT2D eigenvalue weighted by Gasteiger charge is 2.28. The van der Waals surface area contributed by atoms with E-state index in [0.29, 0.717) is 59.1 Å². The number of hydrogen-bond acceptors (Lipinski definition) is 8. The predicted molar refractivity (Wildman–Crippen MR) is 135 cm³/mol. The number of ether oxygens (including phenoxy) is 3. The van der Waals surface area contributed by atoms with Gasteiger partial charge in [-0.1, -0.05) is 20.4 Å². The molecule has 0 radical (unpaired) electrons. The van der Waals surface area contributed by atoms with Crippen LogP contribution in [0.5, 0.6) is 11.5 Å². The molecule has 4 rings (SSSR count). The van der Waals surface area contributed by atoms with Gasteiger partial charge >= 0.3 is 0 Å². The molecule has 0 bridgehead atoms. The number of anilines is 1. The number of carbonyl (C=O) groups is 1. The summed E-state index contributed by atoms with van der Waals surface area (Å²) >= 11 is 0. The van der Waals surface area contributed by atoms with Gasteiger partial charge in [0.2, 0.25) is 11.9 Å². The zero-order valence-corrected chi connectivity index (χ0v) is 20.8. The molecule has 3 aromatic rings. The molecule has 1 fully saturated rings. The minimum Gasteiger partial charge on any atom is -0.496 e. The van der Waals surface area contributed by atoms with Crippen LogP contribution in [0, 0.1) is 5.82 Å². The number of carbonyl (C=O) groups excluding carboxylic acids is 1. The molecule has 1 saturated heterocycles. The Kier molecular flexibility index (Phi) is 7.64. The Morgan fingerprint density at radius 2 is 1.97 bits per heavy atom. The lowest BCUT2D eigenvalue weighted by Gasteiger charge is -2.32. The number of pyridine rings is 1. The second-order valence-corrected chi connectivity index (χ2v) is 8.79. The first-order valence-corrected chi connectivity index (χ1v) is 11.7. The normalized spacial score (nSPS) is 17.6. The third-order valence-corrected chi connectivity index (χ3v) is 6.16. The number of methoxy groups -OCH3 is 2.